The zero-order valence-corrected chi connectivity index (χ0v) is 15.8. The van der Waals surface area contributed by atoms with Crippen LogP contribution in [-0.4, -0.2) is 32.6 Å². The van der Waals surface area contributed by atoms with E-state index >= 15 is 0 Å². The van der Waals surface area contributed by atoms with Gasteiger partial charge >= 0.3 is 0 Å². The van der Waals surface area contributed by atoms with Gasteiger partial charge in [0.05, 0.1) is 30.7 Å². The largest absolute Gasteiger partial charge is 0.497 e. The van der Waals surface area contributed by atoms with E-state index in [-0.39, 0.29) is 5.91 Å². The number of carbonyl (C=O) groups is 1. The predicted molar refractivity (Wildman–Crippen MR) is 102 cm³/mol. The fourth-order valence-corrected chi connectivity index (χ4v) is 3.66. The van der Waals surface area contributed by atoms with E-state index in [1.165, 1.54) is 11.3 Å². The minimum atomic E-state index is -0.146. The number of amides is 1. The van der Waals surface area contributed by atoms with Gasteiger partial charge in [-0.15, -0.1) is 0 Å². The van der Waals surface area contributed by atoms with E-state index in [1.807, 2.05) is 36.0 Å². The van der Waals surface area contributed by atoms with Crippen molar-refractivity contribution in [2.24, 2.45) is 14.1 Å². The number of hydrogen-bond donors (Lipinski definition) is 1. The second-order valence-electron chi connectivity index (χ2n) is 6.80. The summed E-state index contributed by atoms with van der Waals surface area (Å²) in [6, 6.07) is 9.45. The average molecular weight is 365 g/mol. The number of benzene rings is 1. The van der Waals surface area contributed by atoms with E-state index in [0.29, 0.717) is 12.2 Å². The van der Waals surface area contributed by atoms with E-state index in [9.17, 15) is 4.79 Å². The summed E-state index contributed by atoms with van der Waals surface area (Å²) in [4.78, 5) is 12.7. The maximum absolute atomic E-state index is 12.7. The van der Waals surface area contributed by atoms with E-state index in [4.69, 9.17) is 4.74 Å². The van der Waals surface area contributed by atoms with Crippen LogP contribution in [-0.2, 0) is 33.5 Å². The lowest BCUT2D eigenvalue weighted by Crippen LogP contribution is -2.26. The summed E-state index contributed by atoms with van der Waals surface area (Å²) in [5.74, 6) is 0.612. The number of methoxy groups -OCH3 is 1. The van der Waals surface area contributed by atoms with Crippen molar-refractivity contribution in [2.45, 2.75) is 25.8 Å². The molecule has 27 heavy (non-hydrogen) atoms. The molecule has 0 aliphatic heterocycles. The van der Waals surface area contributed by atoms with Crippen molar-refractivity contribution in [3.05, 3.63) is 53.0 Å². The van der Waals surface area contributed by atoms with Gasteiger partial charge in [0.2, 0.25) is 0 Å². The molecule has 1 aliphatic rings. The molecule has 7 nitrogen and oxygen atoms in total. The molecule has 0 atom stereocenters. The Morgan fingerprint density at radius 2 is 2.04 bits per heavy atom. The summed E-state index contributed by atoms with van der Waals surface area (Å²) >= 11 is 0. The number of aryl methyl sites for hydroxylation is 3. The molecule has 0 radical (unpaired) electrons. The third-order valence-electron chi connectivity index (χ3n) is 5.09. The third kappa shape index (κ3) is 3.20. The van der Waals surface area contributed by atoms with E-state index in [1.54, 1.807) is 24.9 Å². The zero-order chi connectivity index (χ0) is 19.0. The molecule has 4 rings (SSSR count). The van der Waals surface area contributed by atoms with Gasteiger partial charge in [-0.05, 0) is 43.0 Å². The van der Waals surface area contributed by atoms with Gasteiger partial charge in [-0.3, -0.25) is 14.2 Å². The highest BCUT2D eigenvalue weighted by Crippen LogP contribution is 2.25. The maximum Gasteiger partial charge on any atom is 0.269 e. The molecule has 1 amide bonds. The molecule has 1 N–H and O–H groups in total. The molecule has 2 aromatic heterocycles. The highest BCUT2D eigenvalue weighted by atomic mass is 16.5. The lowest BCUT2D eigenvalue weighted by atomic mass is 10.1. The monoisotopic (exact) mass is 365 g/mol. The first kappa shape index (κ1) is 17.3. The smallest absolute Gasteiger partial charge is 0.269 e. The topological polar surface area (TPSA) is 74.0 Å². The van der Waals surface area contributed by atoms with Gasteiger partial charge in [-0.25, -0.2) is 0 Å². The quantitative estimate of drug-likeness (QED) is 0.753. The van der Waals surface area contributed by atoms with E-state index < -0.39 is 0 Å². The Morgan fingerprint density at radius 1 is 1.19 bits per heavy atom. The number of aromatic nitrogens is 4. The molecule has 3 aromatic rings. The lowest BCUT2D eigenvalue weighted by Gasteiger charge is -2.07. The minimum Gasteiger partial charge on any atom is -0.497 e. The van der Waals surface area contributed by atoms with Crippen LogP contribution in [0.25, 0.3) is 11.3 Å². The first-order valence-corrected chi connectivity index (χ1v) is 9.07. The number of ether oxygens (including phenoxy) is 1. The van der Waals surface area contributed by atoms with Crippen molar-refractivity contribution in [1.29, 1.82) is 0 Å². The van der Waals surface area contributed by atoms with Gasteiger partial charge in [-0.2, -0.15) is 10.2 Å². The molecule has 0 saturated carbocycles. The van der Waals surface area contributed by atoms with Crippen LogP contribution < -0.4 is 10.1 Å². The SMILES string of the molecule is COc1cccc(-c2cc(C(=O)NCc3c4c(nn3C)CCC4)n(C)n2)c1. The van der Waals surface area contributed by atoms with Crippen molar-refractivity contribution < 1.29 is 9.53 Å². The van der Waals surface area contributed by atoms with Gasteiger partial charge in [-0.1, -0.05) is 12.1 Å². The van der Waals surface area contributed by atoms with Crippen LogP contribution in [0.3, 0.4) is 0 Å². The Hall–Kier alpha value is -3.09. The van der Waals surface area contributed by atoms with Crippen molar-refractivity contribution >= 4 is 5.91 Å². The second kappa shape index (κ2) is 6.90. The molecule has 7 heteroatoms. The molecule has 140 valence electrons. The maximum atomic E-state index is 12.7. The number of hydrogen-bond acceptors (Lipinski definition) is 4. The molecular weight excluding hydrogens is 342 g/mol. The summed E-state index contributed by atoms with van der Waals surface area (Å²) in [5.41, 5.74) is 5.72. The van der Waals surface area contributed by atoms with E-state index in [2.05, 4.69) is 15.5 Å². The predicted octanol–water partition coefficient (Wildman–Crippen LogP) is 2.25. The molecule has 0 saturated heterocycles. The highest BCUT2D eigenvalue weighted by Gasteiger charge is 2.22. The Balaban J connectivity index is 1.52. The number of rotatable bonds is 5. The summed E-state index contributed by atoms with van der Waals surface area (Å²) in [7, 11) is 5.34. The summed E-state index contributed by atoms with van der Waals surface area (Å²) in [5, 5.41) is 12.1. The van der Waals surface area contributed by atoms with Gasteiger partial charge in [0.15, 0.2) is 0 Å². The van der Waals surface area contributed by atoms with Gasteiger partial charge in [0.25, 0.3) is 5.91 Å². The van der Waals surface area contributed by atoms with Crippen LogP contribution in [0.2, 0.25) is 0 Å². The molecule has 0 bridgehead atoms. The molecular formula is C20H23N5O2. The Labute approximate surface area is 157 Å². The first-order chi connectivity index (χ1) is 13.1. The summed E-state index contributed by atoms with van der Waals surface area (Å²) in [6.07, 6.45) is 3.22. The van der Waals surface area contributed by atoms with Crippen LogP contribution in [0.15, 0.2) is 30.3 Å². The van der Waals surface area contributed by atoms with Crippen LogP contribution >= 0.6 is 0 Å². The molecule has 0 spiro atoms. The zero-order valence-electron chi connectivity index (χ0n) is 15.8. The van der Waals surface area contributed by atoms with Gasteiger partial charge in [0, 0.05) is 19.7 Å². The summed E-state index contributed by atoms with van der Waals surface area (Å²) in [6.45, 7) is 0.470. The first-order valence-electron chi connectivity index (χ1n) is 9.07. The molecule has 0 fully saturated rings. The van der Waals surface area contributed by atoms with Crippen molar-refractivity contribution in [1.82, 2.24) is 24.9 Å². The lowest BCUT2D eigenvalue weighted by molar-refractivity contribution is 0.0940. The fourth-order valence-electron chi connectivity index (χ4n) is 3.66. The Bertz CT molecular complexity index is 1000. The Morgan fingerprint density at radius 3 is 2.85 bits per heavy atom. The van der Waals surface area contributed by atoms with Crippen molar-refractivity contribution in [3.63, 3.8) is 0 Å². The standard InChI is InChI=1S/C20H23N5O2/c1-24-18(11-17(23-24)13-6-4-7-14(10-13)27-3)20(26)21-12-19-15-8-5-9-16(15)22-25(19)2/h4,6-7,10-11H,5,8-9,12H2,1-3H3,(H,21,26). The van der Waals surface area contributed by atoms with Crippen molar-refractivity contribution in [3.8, 4) is 17.0 Å². The third-order valence-corrected chi connectivity index (χ3v) is 5.09. The summed E-state index contributed by atoms with van der Waals surface area (Å²) < 4.78 is 8.76. The molecule has 1 aromatic carbocycles. The van der Waals surface area contributed by atoms with Crippen LogP contribution in [0, 0.1) is 0 Å². The second-order valence-corrected chi connectivity index (χ2v) is 6.80. The van der Waals surface area contributed by atoms with E-state index in [0.717, 1.165) is 42.0 Å². The van der Waals surface area contributed by atoms with Gasteiger partial charge in [0.1, 0.15) is 11.4 Å². The van der Waals surface area contributed by atoms with Crippen LogP contribution in [0.1, 0.15) is 33.9 Å². The van der Waals surface area contributed by atoms with Crippen LogP contribution in [0.5, 0.6) is 5.75 Å². The molecule has 1 aliphatic carbocycles. The number of nitrogens with one attached hydrogen (secondary N) is 1. The number of nitrogens with zero attached hydrogens (tertiary/aromatic N) is 4. The Kier molecular flexibility index (Phi) is 4.43. The van der Waals surface area contributed by atoms with Crippen LogP contribution in [0.4, 0.5) is 0 Å². The fraction of sp³-hybridized carbons (Fsp3) is 0.350. The molecule has 2 heterocycles. The van der Waals surface area contributed by atoms with Crippen molar-refractivity contribution in [2.75, 3.05) is 7.11 Å². The average Bonchev–Trinajstić information content (AvgIpc) is 3.35. The highest BCUT2D eigenvalue weighted by molar-refractivity contribution is 5.93. The number of carbonyl (C=O) groups excluding carboxylic acids is 1. The molecule has 0 unspecified atom stereocenters. The normalized spacial score (nSPS) is 12.9. The minimum absolute atomic E-state index is 0.146. The van der Waals surface area contributed by atoms with Gasteiger partial charge < -0.3 is 10.1 Å². The number of fused-ring (bicyclic) bond motifs is 1.